The third kappa shape index (κ3) is 3.73. The van der Waals surface area contributed by atoms with E-state index >= 15 is 0 Å². The summed E-state index contributed by atoms with van der Waals surface area (Å²) in [5.41, 5.74) is 9.05. The van der Waals surface area contributed by atoms with Crippen LogP contribution in [-0.4, -0.2) is 9.55 Å². The Morgan fingerprint density at radius 3 is 2.29 bits per heavy atom. The van der Waals surface area contributed by atoms with Crippen LogP contribution in [0, 0.1) is 0 Å². The molecule has 0 saturated heterocycles. The Balaban J connectivity index is 2.13. The lowest BCUT2D eigenvalue weighted by atomic mass is 9.86. The molecule has 0 saturated carbocycles. The lowest BCUT2D eigenvalue weighted by molar-refractivity contribution is 0.540. The highest BCUT2D eigenvalue weighted by Gasteiger charge is 2.15. The van der Waals surface area contributed by atoms with Gasteiger partial charge in [-0.2, -0.15) is 0 Å². The average molecular weight is 285 g/mol. The van der Waals surface area contributed by atoms with Gasteiger partial charge in [0.2, 0.25) is 0 Å². The molecule has 1 aromatic heterocycles. The second kappa shape index (κ2) is 6.02. The zero-order chi connectivity index (χ0) is 15.6. The molecule has 21 heavy (non-hydrogen) atoms. The van der Waals surface area contributed by atoms with Crippen LogP contribution in [0.1, 0.15) is 63.5 Å². The number of nitrogens with two attached hydrogens (primary N) is 1. The largest absolute Gasteiger partial charge is 0.333 e. The highest BCUT2D eigenvalue weighted by atomic mass is 15.1. The number of nitrogens with zero attached hydrogens (tertiary/aromatic N) is 2. The number of aromatic nitrogens is 2. The maximum atomic E-state index is 6.37. The molecule has 0 spiro atoms. The number of benzene rings is 1. The van der Waals surface area contributed by atoms with Crippen molar-refractivity contribution in [2.24, 2.45) is 5.73 Å². The van der Waals surface area contributed by atoms with Gasteiger partial charge >= 0.3 is 0 Å². The molecule has 2 N–H and O–H groups in total. The Hall–Kier alpha value is -1.61. The van der Waals surface area contributed by atoms with Crippen molar-refractivity contribution in [3.8, 4) is 0 Å². The van der Waals surface area contributed by atoms with Crippen molar-refractivity contribution in [2.45, 2.75) is 58.5 Å². The standard InChI is InChI=1S/C18H27N3/c1-13(2)17-20-10-11-21(17)12-16(19)14-6-8-15(9-7-14)18(3,4)5/h6-11,13,16H,12,19H2,1-5H3. The summed E-state index contributed by atoms with van der Waals surface area (Å²) in [6.45, 7) is 11.8. The lowest BCUT2D eigenvalue weighted by Gasteiger charge is -2.21. The van der Waals surface area contributed by atoms with Crippen LogP contribution >= 0.6 is 0 Å². The normalized spacial score (nSPS) is 13.7. The predicted octanol–water partition coefficient (Wildman–Crippen LogP) is 4.00. The maximum Gasteiger partial charge on any atom is 0.111 e. The van der Waals surface area contributed by atoms with E-state index in [-0.39, 0.29) is 11.5 Å². The van der Waals surface area contributed by atoms with Gasteiger partial charge in [0.15, 0.2) is 0 Å². The van der Waals surface area contributed by atoms with Gasteiger partial charge in [0.05, 0.1) is 0 Å². The van der Waals surface area contributed by atoms with E-state index in [0.717, 1.165) is 12.4 Å². The smallest absolute Gasteiger partial charge is 0.111 e. The molecule has 1 atom stereocenters. The van der Waals surface area contributed by atoms with Crippen molar-refractivity contribution in [2.75, 3.05) is 0 Å². The van der Waals surface area contributed by atoms with Crippen molar-refractivity contribution in [3.63, 3.8) is 0 Å². The van der Waals surface area contributed by atoms with Crippen molar-refractivity contribution < 1.29 is 0 Å². The van der Waals surface area contributed by atoms with Crippen LogP contribution in [0.3, 0.4) is 0 Å². The van der Waals surface area contributed by atoms with Gasteiger partial charge in [0.1, 0.15) is 5.82 Å². The van der Waals surface area contributed by atoms with Gasteiger partial charge in [0.25, 0.3) is 0 Å². The molecular weight excluding hydrogens is 258 g/mol. The quantitative estimate of drug-likeness (QED) is 0.922. The van der Waals surface area contributed by atoms with Crippen LogP contribution in [-0.2, 0) is 12.0 Å². The zero-order valence-corrected chi connectivity index (χ0v) is 13.8. The first-order valence-corrected chi connectivity index (χ1v) is 7.66. The van der Waals surface area contributed by atoms with E-state index in [2.05, 4.69) is 68.4 Å². The highest BCUT2D eigenvalue weighted by Crippen LogP contribution is 2.24. The third-order valence-electron chi connectivity index (χ3n) is 3.86. The Bertz CT molecular complexity index is 573. The predicted molar refractivity (Wildman–Crippen MR) is 88.4 cm³/mol. The van der Waals surface area contributed by atoms with Gasteiger partial charge in [0, 0.05) is 30.9 Å². The minimum Gasteiger partial charge on any atom is -0.333 e. The van der Waals surface area contributed by atoms with Gasteiger partial charge in [-0.25, -0.2) is 4.98 Å². The molecule has 2 rings (SSSR count). The monoisotopic (exact) mass is 285 g/mol. The van der Waals surface area contributed by atoms with Crippen molar-refractivity contribution in [1.29, 1.82) is 0 Å². The Kier molecular flexibility index (Phi) is 4.52. The van der Waals surface area contributed by atoms with E-state index in [1.54, 1.807) is 0 Å². The first-order valence-electron chi connectivity index (χ1n) is 7.66. The summed E-state index contributed by atoms with van der Waals surface area (Å²) in [6.07, 6.45) is 3.86. The third-order valence-corrected chi connectivity index (χ3v) is 3.86. The van der Waals surface area contributed by atoms with Gasteiger partial charge in [-0.1, -0.05) is 58.9 Å². The molecule has 1 unspecified atom stereocenters. The van der Waals surface area contributed by atoms with Crippen LogP contribution < -0.4 is 5.73 Å². The average Bonchev–Trinajstić information content (AvgIpc) is 2.86. The first-order chi connectivity index (χ1) is 9.79. The number of rotatable bonds is 4. The SMILES string of the molecule is CC(C)c1nccn1CC(N)c1ccc(C(C)(C)C)cc1. The highest BCUT2D eigenvalue weighted by molar-refractivity contribution is 5.29. The number of imidazole rings is 1. The van der Waals surface area contributed by atoms with E-state index in [0.29, 0.717) is 5.92 Å². The fraction of sp³-hybridized carbons (Fsp3) is 0.500. The first kappa shape index (κ1) is 15.8. The van der Waals surface area contributed by atoms with Gasteiger partial charge < -0.3 is 10.3 Å². The Morgan fingerprint density at radius 2 is 1.76 bits per heavy atom. The van der Waals surface area contributed by atoms with Crippen molar-refractivity contribution in [3.05, 3.63) is 53.6 Å². The minimum absolute atomic E-state index is 0.00859. The molecule has 0 aliphatic rings. The molecule has 0 aliphatic carbocycles. The Morgan fingerprint density at radius 1 is 1.14 bits per heavy atom. The molecule has 114 valence electrons. The molecule has 1 heterocycles. The van der Waals surface area contributed by atoms with Crippen LogP contribution in [0.4, 0.5) is 0 Å². The van der Waals surface area contributed by atoms with E-state index in [4.69, 9.17) is 5.73 Å². The van der Waals surface area contributed by atoms with E-state index in [1.165, 1.54) is 11.1 Å². The molecule has 3 nitrogen and oxygen atoms in total. The summed E-state index contributed by atoms with van der Waals surface area (Å²) in [5, 5.41) is 0. The topological polar surface area (TPSA) is 43.8 Å². The Labute approximate surface area is 128 Å². The summed E-state index contributed by atoms with van der Waals surface area (Å²) in [7, 11) is 0. The number of hydrogen-bond acceptors (Lipinski definition) is 2. The second-order valence-electron chi connectivity index (χ2n) is 7.07. The molecule has 0 bridgehead atoms. The van der Waals surface area contributed by atoms with Crippen LogP contribution in [0.15, 0.2) is 36.7 Å². The van der Waals surface area contributed by atoms with Gasteiger partial charge in [-0.3, -0.25) is 0 Å². The number of hydrogen-bond donors (Lipinski definition) is 1. The van der Waals surface area contributed by atoms with Crippen LogP contribution in [0.2, 0.25) is 0 Å². The molecule has 0 amide bonds. The fourth-order valence-electron chi connectivity index (χ4n) is 2.52. The van der Waals surface area contributed by atoms with Crippen LogP contribution in [0.5, 0.6) is 0 Å². The molecule has 1 aromatic carbocycles. The molecular formula is C18H27N3. The zero-order valence-electron chi connectivity index (χ0n) is 13.8. The van der Waals surface area contributed by atoms with E-state index in [1.807, 2.05) is 12.4 Å². The van der Waals surface area contributed by atoms with Crippen molar-refractivity contribution in [1.82, 2.24) is 9.55 Å². The summed E-state index contributed by atoms with van der Waals surface area (Å²) in [4.78, 5) is 4.42. The van der Waals surface area contributed by atoms with E-state index < -0.39 is 0 Å². The van der Waals surface area contributed by atoms with Crippen LogP contribution in [0.25, 0.3) is 0 Å². The second-order valence-corrected chi connectivity index (χ2v) is 7.07. The fourth-order valence-corrected chi connectivity index (χ4v) is 2.52. The summed E-state index contributed by atoms with van der Waals surface area (Å²) in [6, 6.07) is 8.67. The maximum absolute atomic E-state index is 6.37. The molecule has 2 aromatic rings. The molecule has 3 heteroatoms. The van der Waals surface area contributed by atoms with E-state index in [9.17, 15) is 0 Å². The van der Waals surface area contributed by atoms with Gasteiger partial charge in [-0.05, 0) is 16.5 Å². The summed E-state index contributed by atoms with van der Waals surface area (Å²) in [5.74, 6) is 1.51. The van der Waals surface area contributed by atoms with Gasteiger partial charge in [-0.15, -0.1) is 0 Å². The van der Waals surface area contributed by atoms with Crippen molar-refractivity contribution >= 4 is 0 Å². The summed E-state index contributed by atoms with van der Waals surface area (Å²) >= 11 is 0. The molecule has 0 fully saturated rings. The summed E-state index contributed by atoms with van der Waals surface area (Å²) < 4.78 is 2.16. The minimum atomic E-state index is -0.00859. The lowest BCUT2D eigenvalue weighted by Crippen LogP contribution is -2.19. The molecule has 0 aliphatic heterocycles. The molecule has 0 radical (unpaired) electrons.